The highest BCUT2D eigenvalue weighted by Gasteiger charge is 2.21. The molecule has 0 aromatic heterocycles. The van der Waals surface area contributed by atoms with Crippen LogP contribution in [-0.2, 0) is 0 Å². The predicted octanol–water partition coefficient (Wildman–Crippen LogP) is 3.56. The monoisotopic (exact) mass is 278 g/mol. The number of benzene rings is 1. The second kappa shape index (κ2) is 6.75. The molecule has 4 heteroatoms. The first-order valence-corrected chi connectivity index (χ1v) is 7.31. The number of ether oxygens (including phenoxy) is 1. The maximum Gasteiger partial charge on any atom is 0.171 e. The zero-order chi connectivity index (χ0) is 13.7. The fourth-order valence-electron chi connectivity index (χ4n) is 2.57. The molecule has 2 rings (SSSR count). The summed E-state index contributed by atoms with van der Waals surface area (Å²) in [5.74, 6) is 1.53. The highest BCUT2D eigenvalue weighted by Crippen LogP contribution is 2.24. The van der Waals surface area contributed by atoms with Gasteiger partial charge in [-0.15, -0.1) is 0 Å². The number of hydrogen-bond acceptors (Lipinski definition) is 2. The summed E-state index contributed by atoms with van der Waals surface area (Å²) in [7, 11) is 1.67. The van der Waals surface area contributed by atoms with Gasteiger partial charge in [-0.05, 0) is 43.1 Å². The van der Waals surface area contributed by atoms with Crippen LogP contribution in [0.1, 0.15) is 32.6 Å². The maximum atomic E-state index is 5.39. The van der Waals surface area contributed by atoms with Gasteiger partial charge < -0.3 is 15.4 Å². The molecule has 1 aromatic carbocycles. The third-order valence-electron chi connectivity index (χ3n) is 3.76. The average Bonchev–Trinajstić information content (AvgIpc) is 2.41. The van der Waals surface area contributed by atoms with E-state index in [1.165, 1.54) is 25.7 Å². The van der Waals surface area contributed by atoms with Crippen LogP contribution in [0.2, 0.25) is 0 Å². The molecule has 0 bridgehead atoms. The lowest BCUT2D eigenvalue weighted by Crippen LogP contribution is -2.43. The average molecular weight is 278 g/mol. The van der Waals surface area contributed by atoms with Crippen LogP contribution in [0.5, 0.6) is 5.75 Å². The molecule has 1 aliphatic carbocycles. The van der Waals surface area contributed by atoms with Gasteiger partial charge in [0.1, 0.15) is 5.75 Å². The molecule has 0 radical (unpaired) electrons. The first kappa shape index (κ1) is 14.1. The predicted molar refractivity (Wildman–Crippen MR) is 83.8 cm³/mol. The van der Waals surface area contributed by atoms with Crippen molar-refractivity contribution in [1.82, 2.24) is 5.32 Å². The Kier molecular flexibility index (Phi) is 5.02. The largest absolute Gasteiger partial charge is 0.497 e. The van der Waals surface area contributed by atoms with Gasteiger partial charge in [0.15, 0.2) is 5.11 Å². The molecule has 0 amide bonds. The van der Waals surface area contributed by atoms with E-state index in [4.69, 9.17) is 17.0 Å². The van der Waals surface area contributed by atoms with E-state index in [2.05, 4.69) is 17.6 Å². The molecule has 2 N–H and O–H groups in total. The van der Waals surface area contributed by atoms with E-state index >= 15 is 0 Å². The van der Waals surface area contributed by atoms with Crippen molar-refractivity contribution < 1.29 is 4.74 Å². The molecular formula is C15H22N2OS. The number of anilines is 1. The minimum absolute atomic E-state index is 0.499. The summed E-state index contributed by atoms with van der Waals surface area (Å²) in [6.07, 6.45) is 5.14. The molecule has 0 aliphatic heterocycles. The summed E-state index contributed by atoms with van der Waals surface area (Å²) >= 11 is 5.39. The normalized spacial score (nSPS) is 22.6. The first-order chi connectivity index (χ1) is 9.19. The lowest BCUT2D eigenvalue weighted by molar-refractivity contribution is 0.309. The topological polar surface area (TPSA) is 33.3 Å². The third-order valence-corrected chi connectivity index (χ3v) is 3.98. The van der Waals surface area contributed by atoms with Crippen molar-refractivity contribution in [2.45, 2.75) is 38.6 Å². The summed E-state index contributed by atoms with van der Waals surface area (Å²) in [6, 6.07) is 8.30. The van der Waals surface area contributed by atoms with Crippen molar-refractivity contribution in [2.24, 2.45) is 5.92 Å². The van der Waals surface area contributed by atoms with Gasteiger partial charge in [-0.1, -0.05) is 25.8 Å². The zero-order valence-corrected chi connectivity index (χ0v) is 12.4. The summed E-state index contributed by atoms with van der Waals surface area (Å²) in [5, 5.41) is 7.36. The van der Waals surface area contributed by atoms with E-state index in [-0.39, 0.29) is 0 Å². The van der Waals surface area contributed by atoms with Crippen LogP contribution in [-0.4, -0.2) is 18.3 Å². The lowest BCUT2D eigenvalue weighted by atomic mass is 9.86. The summed E-state index contributed by atoms with van der Waals surface area (Å²) in [4.78, 5) is 0. The maximum absolute atomic E-state index is 5.39. The Bertz CT molecular complexity index is 436. The van der Waals surface area contributed by atoms with Crippen LogP contribution in [0.15, 0.2) is 24.3 Å². The van der Waals surface area contributed by atoms with Crippen molar-refractivity contribution in [3.05, 3.63) is 24.3 Å². The van der Waals surface area contributed by atoms with Gasteiger partial charge in [-0.3, -0.25) is 0 Å². The van der Waals surface area contributed by atoms with Crippen molar-refractivity contribution in [3.63, 3.8) is 0 Å². The first-order valence-electron chi connectivity index (χ1n) is 6.90. The second-order valence-corrected chi connectivity index (χ2v) is 5.61. The molecular weight excluding hydrogens is 256 g/mol. The van der Waals surface area contributed by atoms with Crippen LogP contribution in [0, 0.1) is 5.92 Å². The Morgan fingerprint density at radius 2 is 2.11 bits per heavy atom. The molecule has 2 atom stereocenters. The van der Waals surface area contributed by atoms with E-state index in [0.717, 1.165) is 11.4 Å². The summed E-state index contributed by atoms with van der Waals surface area (Å²) in [6.45, 7) is 2.30. The van der Waals surface area contributed by atoms with Gasteiger partial charge in [0.25, 0.3) is 0 Å². The number of hydrogen-bond donors (Lipinski definition) is 2. The third kappa shape index (κ3) is 4.10. The Hall–Kier alpha value is -1.29. The minimum Gasteiger partial charge on any atom is -0.497 e. The van der Waals surface area contributed by atoms with Gasteiger partial charge in [-0.2, -0.15) is 0 Å². The fraction of sp³-hybridized carbons (Fsp3) is 0.533. The van der Waals surface area contributed by atoms with Crippen LogP contribution in [0.4, 0.5) is 5.69 Å². The van der Waals surface area contributed by atoms with Crippen LogP contribution < -0.4 is 15.4 Å². The molecule has 0 saturated heterocycles. The molecule has 0 heterocycles. The van der Waals surface area contributed by atoms with Crippen molar-refractivity contribution in [1.29, 1.82) is 0 Å². The Morgan fingerprint density at radius 1 is 1.32 bits per heavy atom. The molecule has 1 aromatic rings. The molecule has 3 nitrogen and oxygen atoms in total. The van der Waals surface area contributed by atoms with Crippen LogP contribution in [0.25, 0.3) is 0 Å². The Labute approximate surface area is 120 Å². The number of methoxy groups -OCH3 is 1. The highest BCUT2D eigenvalue weighted by molar-refractivity contribution is 7.80. The van der Waals surface area contributed by atoms with Crippen LogP contribution in [0.3, 0.4) is 0 Å². The quantitative estimate of drug-likeness (QED) is 0.828. The van der Waals surface area contributed by atoms with E-state index in [9.17, 15) is 0 Å². The van der Waals surface area contributed by atoms with Gasteiger partial charge in [0.05, 0.1) is 7.11 Å². The minimum atomic E-state index is 0.499. The van der Waals surface area contributed by atoms with E-state index in [1.54, 1.807) is 7.11 Å². The van der Waals surface area contributed by atoms with E-state index < -0.39 is 0 Å². The van der Waals surface area contributed by atoms with Gasteiger partial charge in [-0.25, -0.2) is 0 Å². The molecule has 1 fully saturated rings. The smallest absolute Gasteiger partial charge is 0.171 e. The van der Waals surface area contributed by atoms with Crippen molar-refractivity contribution >= 4 is 23.0 Å². The zero-order valence-electron chi connectivity index (χ0n) is 11.6. The fourth-order valence-corrected chi connectivity index (χ4v) is 2.84. The van der Waals surface area contributed by atoms with E-state index in [1.807, 2.05) is 24.3 Å². The standard InChI is InChI=1S/C15H22N2OS/c1-11-6-3-4-9-14(11)17-15(19)16-12-7-5-8-13(10-12)18-2/h5,7-8,10-11,14H,3-4,6,9H2,1-2H3,(H2,16,17,19)/t11-,14-/m0/s1. The van der Waals surface area contributed by atoms with Gasteiger partial charge in [0.2, 0.25) is 0 Å². The molecule has 104 valence electrons. The van der Waals surface area contributed by atoms with Crippen molar-refractivity contribution in [3.8, 4) is 5.75 Å². The second-order valence-electron chi connectivity index (χ2n) is 5.20. The Morgan fingerprint density at radius 3 is 2.84 bits per heavy atom. The number of thiocarbonyl (C=S) groups is 1. The van der Waals surface area contributed by atoms with Gasteiger partial charge in [0, 0.05) is 17.8 Å². The molecule has 1 aliphatic rings. The summed E-state index contributed by atoms with van der Waals surface area (Å²) in [5.41, 5.74) is 0.959. The number of rotatable bonds is 3. The molecule has 0 spiro atoms. The van der Waals surface area contributed by atoms with Gasteiger partial charge >= 0.3 is 0 Å². The molecule has 19 heavy (non-hydrogen) atoms. The number of nitrogens with one attached hydrogen (secondary N) is 2. The Balaban J connectivity index is 1.89. The summed E-state index contributed by atoms with van der Waals surface area (Å²) < 4.78 is 5.20. The van der Waals surface area contributed by atoms with Crippen molar-refractivity contribution in [2.75, 3.05) is 12.4 Å². The van der Waals surface area contributed by atoms with Crippen LogP contribution >= 0.6 is 12.2 Å². The lowest BCUT2D eigenvalue weighted by Gasteiger charge is -2.30. The molecule has 1 saturated carbocycles. The molecule has 0 unspecified atom stereocenters. The van der Waals surface area contributed by atoms with E-state index in [0.29, 0.717) is 17.1 Å². The SMILES string of the molecule is COc1cccc(NC(=S)N[C@H]2CCCC[C@@H]2C)c1. The highest BCUT2D eigenvalue weighted by atomic mass is 32.1.